The van der Waals surface area contributed by atoms with Gasteiger partial charge in [-0.15, -0.1) is 0 Å². The summed E-state index contributed by atoms with van der Waals surface area (Å²) in [4.78, 5) is 33.8. The highest BCUT2D eigenvalue weighted by Gasteiger charge is 2.26. The Kier molecular flexibility index (Phi) is 9.45. The summed E-state index contributed by atoms with van der Waals surface area (Å²) in [5.41, 5.74) is 1.28. The first-order chi connectivity index (χ1) is 16.6. The first kappa shape index (κ1) is 27.0. The predicted octanol–water partition coefficient (Wildman–Crippen LogP) is 5.63. The minimum absolute atomic E-state index is 0.104. The van der Waals surface area contributed by atoms with Gasteiger partial charge in [-0.1, -0.05) is 74.5 Å². The fourth-order valence-corrected chi connectivity index (χ4v) is 3.49. The normalized spacial score (nSPS) is 11.2. The number of phenolic OH excluding ortho intramolecular Hbond substituents is 1. The Morgan fingerprint density at radius 2 is 1.40 bits per heavy atom. The van der Waals surface area contributed by atoms with Crippen LogP contribution in [0.1, 0.15) is 48.8 Å². The number of carbonyl (C=O) groups is 1. The first-order valence-corrected chi connectivity index (χ1v) is 11.0. The largest absolute Gasteiger partial charge is 0.502 e. The van der Waals surface area contributed by atoms with Crippen molar-refractivity contribution >= 4 is 17.3 Å². The number of nitro benzene ring substituents is 2. The van der Waals surface area contributed by atoms with Crippen LogP contribution in [0.4, 0.5) is 11.4 Å². The zero-order valence-electron chi connectivity index (χ0n) is 20.1. The van der Waals surface area contributed by atoms with Crippen molar-refractivity contribution in [2.24, 2.45) is 0 Å². The molecule has 0 spiro atoms. The van der Waals surface area contributed by atoms with E-state index in [1.54, 1.807) is 25.9 Å². The van der Waals surface area contributed by atoms with Gasteiger partial charge >= 0.3 is 5.69 Å². The standard InChI is InChI=1S/C16H17NO.C10H12N2O5/c1-17(2)16(18)15(13-9-5-3-6-10-13)14-11-7-4-8-12-14;1-3-6(2)8-4-7(11(14)15)5-9(10(8)13)12(16)17/h3-12,15H,1-2H3;4-6,13H,3H2,1-2H3. The predicted molar refractivity (Wildman–Crippen MR) is 134 cm³/mol. The van der Waals surface area contributed by atoms with Crippen molar-refractivity contribution in [1.82, 2.24) is 4.90 Å². The van der Waals surface area contributed by atoms with Crippen LogP contribution in [0.2, 0.25) is 0 Å². The van der Waals surface area contributed by atoms with Gasteiger partial charge in [0.15, 0.2) is 5.75 Å². The number of amides is 1. The number of phenols is 1. The fraction of sp³-hybridized carbons (Fsp3) is 0.269. The van der Waals surface area contributed by atoms with Gasteiger partial charge in [-0.25, -0.2) is 0 Å². The van der Waals surface area contributed by atoms with Crippen LogP contribution in [-0.4, -0.2) is 39.9 Å². The second-order valence-electron chi connectivity index (χ2n) is 8.21. The molecule has 0 saturated heterocycles. The van der Waals surface area contributed by atoms with Crippen LogP contribution < -0.4 is 0 Å². The minimum atomic E-state index is -0.825. The maximum Gasteiger partial charge on any atom is 0.317 e. The second kappa shape index (κ2) is 12.3. The molecule has 9 heteroatoms. The number of benzene rings is 3. The Balaban J connectivity index is 0.000000247. The molecule has 0 heterocycles. The molecular formula is C26H29N3O6. The van der Waals surface area contributed by atoms with Gasteiger partial charge in [0.25, 0.3) is 5.69 Å². The van der Waals surface area contributed by atoms with Crippen molar-refractivity contribution in [3.8, 4) is 5.75 Å². The highest BCUT2D eigenvalue weighted by atomic mass is 16.6. The number of likely N-dealkylation sites (N-methyl/N-ethyl adjacent to an activating group) is 1. The van der Waals surface area contributed by atoms with Crippen molar-refractivity contribution < 1.29 is 19.7 Å². The van der Waals surface area contributed by atoms with Gasteiger partial charge in [-0.05, 0) is 23.5 Å². The quantitative estimate of drug-likeness (QED) is 0.346. The van der Waals surface area contributed by atoms with Crippen LogP contribution in [0.5, 0.6) is 5.75 Å². The molecule has 35 heavy (non-hydrogen) atoms. The minimum Gasteiger partial charge on any atom is -0.502 e. The van der Waals surface area contributed by atoms with Crippen molar-refractivity contribution in [3.05, 3.63) is 110 Å². The summed E-state index contributed by atoms with van der Waals surface area (Å²) in [5, 5.41) is 31.0. The highest BCUT2D eigenvalue weighted by molar-refractivity contribution is 5.86. The number of rotatable bonds is 7. The maximum absolute atomic E-state index is 12.4. The van der Waals surface area contributed by atoms with E-state index < -0.39 is 21.3 Å². The highest BCUT2D eigenvalue weighted by Crippen LogP contribution is 2.39. The van der Waals surface area contributed by atoms with E-state index >= 15 is 0 Å². The molecule has 3 aromatic carbocycles. The van der Waals surface area contributed by atoms with Crippen LogP contribution >= 0.6 is 0 Å². The lowest BCUT2D eigenvalue weighted by molar-refractivity contribution is -0.394. The molecule has 1 N–H and O–H groups in total. The van der Waals surface area contributed by atoms with Gasteiger partial charge in [0.2, 0.25) is 5.91 Å². The summed E-state index contributed by atoms with van der Waals surface area (Å²) < 4.78 is 0. The molecule has 0 aliphatic rings. The lowest BCUT2D eigenvalue weighted by Crippen LogP contribution is -2.28. The Bertz CT molecular complexity index is 1130. The van der Waals surface area contributed by atoms with E-state index in [2.05, 4.69) is 0 Å². The SMILES string of the molecule is CCC(C)c1cc([N+](=O)[O-])cc([N+](=O)[O-])c1O.CN(C)C(=O)C(c1ccccc1)c1ccccc1. The molecule has 0 aromatic heterocycles. The molecule has 3 aromatic rings. The van der Waals surface area contributed by atoms with Crippen LogP contribution in [0.25, 0.3) is 0 Å². The van der Waals surface area contributed by atoms with E-state index in [4.69, 9.17) is 0 Å². The smallest absolute Gasteiger partial charge is 0.317 e. The maximum atomic E-state index is 12.4. The number of hydrogen-bond donors (Lipinski definition) is 1. The van der Waals surface area contributed by atoms with Crippen molar-refractivity contribution in [2.75, 3.05) is 14.1 Å². The van der Waals surface area contributed by atoms with Gasteiger partial charge in [0.05, 0.1) is 21.8 Å². The molecule has 9 nitrogen and oxygen atoms in total. The number of aromatic hydroxyl groups is 1. The summed E-state index contributed by atoms with van der Waals surface area (Å²) in [5.74, 6) is -0.793. The molecular weight excluding hydrogens is 450 g/mol. The van der Waals surface area contributed by atoms with Crippen molar-refractivity contribution in [2.45, 2.75) is 32.1 Å². The van der Waals surface area contributed by atoms with Crippen LogP contribution in [0.15, 0.2) is 72.8 Å². The van der Waals surface area contributed by atoms with Gasteiger partial charge in [0.1, 0.15) is 0 Å². The number of nitro groups is 2. The third-order valence-corrected chi connectivity index (χ3v) is 5.61. The topological polar surface area (TPSA) is 127 Å². The van der Waals surface area contributed by atoms with E-state index in [0.29, 0.717) is 6.42 Å². The Hall–Kier alpha value is -4.27. The van der Waals surface area contributed by atoms with Crippen LogP contribution in [0.3, 0.4) is 0 Å². The monoisotopic (exact) mass is 479 g/mol. The molecule has 184 valence electrons. The lowest BCUT2D eigenvalue weighted by Gasteiger charge is -2.21. The van der Waals surface area contributed by atoms with E-state index in [-0.39, 0.29) is 29.0 Å². The molecule has 3 rings (SSSR count). The molecule has 0 aliphatic heterocycles. The zero-order chi connectivity index (χ0) is 26.1. The summed E-state index contributed by atoms with van der Waals surface area (Å²) in [6, 6.07) is 21.7. The van der Waals surface area contributed by atoms with Crippen LogP contribution in [-0.2, 0) is 4.79 Å². The Labute approximate surface area is 203 Å². The molecule has 0 saturated carbocycles. The zero-order valence-corrected chi connectivity index (χ0v) is 20.1. The average Bonchev–Trinajstić information content (AvgIpc) is 2.85. The summed E-state index contributed by atoms with van der Waals surface area (Å²) >= 11 is 0. The van der Waals surface area contributed by atoms with E-state index in [1.165, 1.54) is 6.07 Å². The average molecular weight is 480 g/mol. The summed E-state index contributed by atoms with van der Waals surface area (Å²) in [6.07, 6.45) is 0.617. The van der Waals surface area contributed by atoms with Crippen molar-refractivity contribution in [3.63, 3.8) is 0 Å². The molecule has 1 atom stereocenters. The van der Waals surface area contributed by atoms with E-state index in [9.17, 15) is 30.1 Å². The van der Waals surface area contributed by atoms with Gasteiger partial charge in [-0.3, -0.25) is 25.0 Å². The van der Waals surface area contributed by atoms with Crippen LogP contribution in [0, 0.1) is 20.2 Å². The molecule has 1 amide bonds. The third kappa shape index (κ3) is 6.86. The summed E-state index contributed by atoms with van der Waals surface area (Å²) in [6.45, 7) is 3.57. The molecule has 0 aliphatic carbocycles. The summed E-state index contributed by atoms with van der Waals surface area (Å²) in [7, 11) is 3.59. The molecule has 0 radical (unpaired) electrons. The number of non-ortho nitro benzene ring substituents is 1. The number of hydrogen-bond acceptors (Lipinski definition) is 6. The van der Waals surface area contributed by atoms with Crippen molar-refractivity contribution in [1.29, 1.82) is 0 Å². The molecule has 1 unspecified atom stereocenters. The van der Waals surface area contributed by atoms with E-state index in [0.717, 1.165) is 17.2 Å². The lowest BCUT2D eigenvalue weighted by atomic mass is 9.90. The molecule has 0 bridgehead atoms. The Morgan fingerprint density at radius 1 is 0.914 bits per heavy atom. The third-order valence-electron chi connectivity index (χ3n) is 5.61. The molecule has 0 fully saturated rings. The van der Waals surface area contributed by atoms with E-state index in [1.807, 2.05) is 67.6 Å². The Morgan fingerprint density at radius 3 is 1.77 bits per heavy atom. The second-order valence-corrected chi connectivity index (χ2v) is 8.21. The number of nitrogens with zero attached hydrogens (tertiary/aromatic N) is 3. The van der Waals surface area contributed by atoms with Gasteiger partial charge in [-0.2, -0.15) is 0 Å². The fourth-order valence-electron chi connectivity index (χ4n) is 3.49. The van der Waals surface area contributed by atoms with Gasteiger partial charge < -0.3 is 10.0 Å². The number of carbonyl (C=O) groups excluding carboxylic acids is 1. The first-order valence-electron chi connectivity index (χ1n) is 11.0. The van der Waals surface area contributed by atoms with Gasteiger partial charge in [0, 0.05) is 25.7 Å².